The summed E-state index contributed by atoms with van der Waals surface area (Å²) < 4.78 is 136. The second kappa shape index (κ2) is 35.0. The van der Waals surface area contributed by atoms with Gasteiger partial charge in [0, 0.05) is 37.2 Å². The molecule has 386 valence electrons. The Labute approximate surface area is 423 Å². The Hall–Kier alpha value is -5.16. The van der Waals surface area contributed by atoms with Gasteiger partial charge in [0.25, 0.3) is 0 Å². The van der Waals surface area contributed by atoms with Crippen LogP contribution in [0.4, 0.5) is 0 Å². The number of aromatic amines is 6. The van der Waals surface area contributed by atoms with Gasteiger partial charge in [0.1, 0.15) is 69.1 Å². The molecule has 6 heterocycles. The van der Waals surface area contributed by atoms with Crippen LogP contribution in [-0.2, 0) is 34.1 Å². The zero-order valence-corrected chi connectivity index (χ0v) is 41.3. The molecule has 0 bridgehead atoms. The minimum Gasteiger partial charge on any atom is -0.348 e. The van der Waals surface area contributed by atoms with E-state index in [9.17, 15) is 0 Å². The van der Waals surface area contributed by atoms with Gasteiger partial charge in [-0.15, -0.1) is 41.0 Å². The number of H-pyrrole nitrogens is 6. The molecule has 0 amide bonds. The number of nitrogens with zero attached hydrogens (tertiary/aromatic N) is 12. The molecule has 40 heteroatoms. The Morgan fingerprint density at radius 3 is 0.457 bits per heavy atom. The Kier molecular flexibility index (Phi) is 34.6. The molecule has 0 aromatic carbocycles. The first kappa shape index (κ1) is 69.1. The largest absolute Gasteiger partial charge is 2.00 e. The summed E-state index contributed by atoms with van der Waals surface area (Å²) in [6.07, 6.45) is 20.1. The summed E-state index contributed by atoms with van der Waals surface area (Å²) in [7, 11) is -19.8. The third kappa shape index (κ3) is 49.3. The van der Waals surface area contributed by atoms with E-state index in [1.165, 1.54) is 0 Å². The molecular formula is C30H36Cl4Fe2N18O16. The van der Waals surface area contributed by atoms with Gasteiger partial charge in [-0.25, -0.2) is 104 Å². The Bertz CT molecular complexity index is 2040. The third-order valence-electron chi connectivity index (χ3n) is 5.69. The molecular weight excluding hydrogens is 1120 g/mol. The molecule has 0 aliphatic heterocycles. The van der Waals surface area contributed by atoms with Crippen LogP contribution in [0.2, 0.25) is 0 Å². The fourth-order valence-corrected chi connectivity index (χ4v) is 3.57. The van der Waals surface area contributed by atoms with E-state index in [2.05, 4.69) is 90.4 Å². The quantitative estimate of drug-likeness (QED) is 0.0445. The Morgan fingerprint density at radius 2 is 0.386 bits per heavy atom. The number of hydrogen-bond donors (Lipinski definition) is 6. The zero-order chi connectivity index (χ0) is 52.1. The molecule has 6 rings (SSSR count). The second-order valence-corrected chi connectivity index (χ2v) is 14.5. The topological polar surface area (TPSA) is 615 Å². The summed E-state index contributed by atoms with van der Waals surface area (Å²) in [5, 5.41) is 23.2. The van der Waals surface area contributed by atoms with Crippen molar-refractivity contribution < 1.29 is 150 Å². The summed E-state index contributed by atoms with van der Waals surface area (Å²) in [4.78, 5) is 42.7. The fraction of sp³-hybridized carbons (Fsp3) is 0.200. The smallest absolute Gasteiger partial charge is 0.348 e. The van der Waals surface area contributed by atoms with Crippen molar-refractivity contribution in [1.82, 2.24) is 59.8 Å². The number of rotatable bonds is 9. The van der Waals surface area contributed by atoms with Crippen LogP contribution in [0.1, 0.15) is 69.1 Å². The van der Waals surface area contributed by atoms with E-state index < -0.39 is 41.0 Å². The molecule has 0 fully saturated rings. The molecule has 0 radical (unpaired) electrons. The first-order chi connectivity index (χ1) is 31.2. The van der Waals surface area contributed by atoms with Crippen LogP contribution in [0.15, 0.2) is 67.8 Å². The van der Waals surface area contributed by atoms with Gasteiger partial charge in [0.05, 0.1) is 37.3 Å². The van der Waals surface area contributed by atoms with E-state index >= 15 is 0 Å². The predicted molar refractivity (Wildman–Crippen MR) is 186 cm³/mol. The molecule has 0 saturated heterocycles. The van der Waals surface area contributed by atoms with E-state index in [0.29, 0.717) is 0 Å². The number of imidazole rings is 6. The van der Waals surface area contributed by atoms with E-state index in [0.717, 1.165) is 69.1 Å². The van der Waals surface area contributed by atoms with Crippen LogP contribution in [0, 0.1) is 82.5 Å². The minimum atomic E-state index is -4.94. The molecule has 0 saturated carbocycles. The molecule has 34 nitrogen and oxygen atoms in total. The zero-order valence-electron chi connectivity index (χ0n) is 36.0. The molecule has 70 heavy (non-hydrogen) atoms. The molecule has 0 atom stereocenters. The predicted octanol–water partition coefficient (Wildman–Crippen LogP) is -15.4. The molecule has 0 aliphatic carbocycles. The maximum Gasteiger partial charge on any atom is 2.00 e. The summed E-state index contributed by atoms with van der Waals surface area (Å²) in [6, 6.07) is 0. The van der Waals surface area contributed by atoms with Crippen molar-refractivity contribution in [3.8, 4) is 0 Å². The van der Waals surface area contributed by atoms with Gasteiger partial charge >= 0.3 is 34.1 Å². The van der Waals surface area contributed by atoms with Gasteiger partial charge in [-0.05, 0) is 41.5 Å². The maximum absolute atomic E-state index is 8.49. The van der Waals surface area contributed by atoms with Crippen molar-refractivity contribution in [3.63, 3.8) is 0 Å². The Morgan fingerprint density at radius 1 is 0.286 bits per heavy atom. The van der Waals surface area contributed by atoms with Gasteiger partial charge in [0.2, 0.25) is 0 Å². The molecule has 0 spiro atoms. The van der Waals surface area contributed by atoms with Crippen LogP contribution in [0.3, 0.4) is 0 Å². The first-order valence-corrected chi connectivity index (χ1v) is 21.9. The van der Waals surface area contributed by atoms with E-state index in [1.807, 2.05) is 41.5 Å². The monoisotopic (exact) mass is 1160 g/mol. The van der Waals surface area contributed by atoms with E-state index in [4.69, 9.17) is 74.5 Å². The Balaban J connectivity index is -0.000000798. The van der Waals surface area contributed by atoms with E-state index in [1.54, 1.807) is 74.5 Å². The number of halogens is 4. The molecule has 6 aromatic rings. The normalized spacial score (nSPS) is 11.6. The van der Waals surface area contributed by atoms with Crippen molar-refractivity contribution in [2.24, 2.45) is 30.6 Å². The van der Waals surface area contributed by atoms with Crippen LogP contribution in [0.25, 0.3) is 0 Å². The van der Waals surface area contributed by atoms with Crippen molar-refractivity contribution in [2.45, 2.75) is 41.5 Å². The van der Waals surface area contributed by atoms with Gasteiger partial charge in [-0.1, -0.05) is 0 Å². The number of aromatic nitrogens is 12. The van der Waals surface area contributed by atoms with Crippen molar-refractivity contribution in [1.29, 1.82) is 0 Å². The SMILES string of the molecule is Cc1nc(/C=N/N=C/c2c[nH]c(C)n2)c[nH]1.Cc1nc(/C=N/N=C/c2c[nH]c(C)n2)c[nH]1.Cc1nc(/C=N/N=C/c2c[nH]c(C)n2)c[nH]1.[Fe+2].[Fe+2].[O-][Cl+3]([O-])([O-])[O-].[O-][Cl+3]([O-])([O-])[O-].[O-][Cl+3]([O-])([O-])[O-].[O-][Cl+3]([O-])([O-])[O-]. The molecule has 6 N–H and O–H groups in total. The number of aryl methyl sites for hydroxylation is 6. The number of hydrogen-bond acceptors (Lipinski definition) is 28. The van der Waals surface area contributed by atoms with Crippen LogP contribution in [-0.4, -0.2) is 97.1 Å². The molecule has 6 aromatic heterocycles. The van der Waals surface area contributed by atoms with Gasteiger partial charge < -0.3 is 29.9 Å². The van der Waals surface area contributed by atoms with Gasteiger partial charge in [-0.3, -0.25) is 0 Å². The summed E-state index contributed by atoms with van der Waals surface area (Å²) in [5.41, 5.74) is 4.54. The average molecular weight is 1160 g/mol. The summed E-state index contributed by atoms with van der Waals surface area (Å²) in [6.45, 7) is 11.3. The summed E-state index contributed by atoms with van der Waals surface area (Å²) >= 11 is 0. The minimum absolute atomic E-state index is 0. The first-order valence-electron chi connectivity index (χ1n) is 17.0. The van der Waals surface area contributed by atoms with Crippen LogP contribution < -0.4 is 74.5 Å². The standard InChI is InChI=1S/3C10H12N6.4ClHO4.2Fe/c3*1-7-11-3-9(15-7)5-13-14-6-10-4-12-8(2)16-10;4*2-1(3,4)5;;/h3*3-6H,1-2H3,(H,11,15)(H,12,16);4*(H,2,3,4,5);;/q;;;;;;;2*+2/p-4/b3*13-5+,14-6+;;;;;;. The van der Waals surface area contributed by atoms with Crippen molar-refractivity contribution in [2.75, 3.05) is 0 Å². The third-order valence-corrected chi connectivity index (χ3v) is 5.69. The number of nitrogens with one attached hydrogen (secondary N) is 6. The maximum atomic E-state index is 8.49. The second-order valence-electron chi connectivity index (χ2n) is 11.4. The van der Waals surface area contributed by atoms with Gasteiger partial charge in [0.15, 0.2) is 0 Å². The fourth-order valence-electron chi connectivity index (χ4n) is 3.57. The van der Waals surface area contributed by atoms with Crippen molar-refractivity contribution in [3.05, 3.63) is 106 Å². The molecule has 0 aliphatic rings. The van der Waals surface area contributed by atoms with Crippen LogP contribution in [0.5, 0.6) is 0 Å². The summed E-state index contributed by atoms with van der Waals surface area (Å²) in [5.74, 6) is 5.13. The van der Waals surface area contributed by atoms with E-state index in [-0.39, 0.29) is 34.1 Å². The van der Waals surface area contributed by atoms with Crippen molar-refractivity contribution >= 4 is 37.3 Å². The van der Waals surface area contributed by atoms with Crippen LogP contribution >= 0.6 is 0 Å². The van der Waals surface area contributed by atoms with Gasteiger partial charge in [-0.2, -0.15) is 30.6 Å². The average Bonchev–Trinajstić information content (AvgIpc) is 4.04. The molecule has 0 unspecified atom stereocenters.